The number of amides is 1. The molecule has 0 bridgehead atoms. The van der Waals surface area contributed by atoms with Crippen molar-refractivity contribution in [2.75, 3.05) is 26.2 Å². The zero-order chi connectivity index (χ0) is 21.2. The number of hydrogen-bond donors (Lipinski definition) is 3. The van der Waals surface area contributed by atoms with E-state index >= 15 is 0 Å². The van der Waals surface area contributed by atoms with Crippen molar-refractivity contribution < 1.29 is 9.53 Å². The molecule has 0 radical (unpaired) electrons. The Bertz CT molecular complexity index is 846. The molecule has 1 saturated heterocycles. The molecule has 3 N–H and O–H groups in total. The third kappa shape index (κ3) is 7.11. The molecule has 1 aromatic carbocycles. The Morgan fingerprint density at radius 2 is 2.23 bits per heavy atom. The molecule has 0 aliphatic carbocycles. The number of nitrogens with zero attached hydrogens (tertiary/aromatic N) is 2. The first-order chi connectivity index (χ1) is 14.6. The van der Waals surface area contributed by atoms with Crippen LogP contribution in [0.1, 0.15) is 46.4 Å². The lowest BCUT2D eigenvalue weighted by Gasteiger charge is -2.12. The Labute approximate surface area is 182 Å². The number of guanidine groups is 1. The number of carbonyl (C=O) groups excluding carboxylic acids is 1. The molecule has 2 aromatic rings. The van der Waals surface area contributed by atoms with Gasteiger partial charge in [0.15, 0.2) is 5.96 Å². The summed E-state index contributed by atoms with van der Waals surface area (Å²) in [6.45, 7) is 7.46. The molecule has 0 spiro atoms. The van der Waals surface area contributed by atoms with Gasteiger partial charge < -0.3 is 20.7 Å². The van der Waals surface area contributed by atoms with Gasteiger partial charge in [-0.05, 0) is 44.4 Å². The van der Waals surface area contributed by atoms with E-state index in [0.717, 1.165) is 61.2 Å². The van der Waals surface area contributed by atoms with Crippen LogP contribution < -0.4 is 16.0 Å². The number of thiazole rings is 1. The van der Waals surface area contributed by atoms with E-state index in [9.17, 15) is 4.79 Å². The summed E-state index contributed by atoms with van der Waals surface area (Å²) in [4.78, 5) is 21.6. The number of carbonyl (C=O) groups is 1. The highest BCUT2D eigenvalue weighted by Crippen LogP contribution is 2.12. The molecule has 1 aliphatic heterocycles. The third-order valence-electron chi connectivity index (χ3n) is 4.81. The number of ether oxygens (including phenoxy) is 1. The van der Waals surface area contributed by atoms with Crippen molar-refractivity contribution in [2.45, 2.75) is 45.8 Å². The van der Waals surface area contributed by atoms with Gasteiger partial charge >= 0.3 is 0 Å². The predicted molar refractivity (Wildman–Crippen MR) is 121 cm³/mol. The quantitative estimate of drug-likeness (QED) is 0.421. The Morgan fingerprint density at radius 1 is 1.33 bits per heavy atom. The largest absolute Gasteiger partial charge is 0.376 e. The van der Waals surface area contributed by atoms with Crippen LogP contribution in [-0.2, 0) is 17.7 Å². The zero-order valence-corrected chi connectivity index (χ0v) is 18.6. The number of aromatic nitrogens is 1. The monoisotopic (exact) mass is 429 g/mol. The van der Waals surface area contributed by atoms with E-state index in [1.54, 1.807) is 11.3 Å². The fraction of sp³-hybridized carbons (Fsp3) is 0.500. The number of aryl methyl sites for hydroxylation is 1. The van der Waals surface area contributed by atoms with E-state index in [2.05, 4.69) is 31.3 Å². The van der Waals surface area contributed by atoms with Crippen molar-refractivity contribution >= 4 is 23.2 Å². The maximum atomic E-state index is 12.4. The van der Waals surface area contributed by atoms with Crippen LogP contribution in [0, 0.1) is 6.92 Å². The van der Waals surface area contributed by atoms with Crippen LogP contribution in [0.15, 0.2) is 34.6 Å². The summed E-state index contributed by atoms with van der Waals surface area (Å²) < 4.78 is 5.56. The van der Waals surface area contributed by atoms with Crippen molar-refractivity contribution in [2.24, 2.45) is 4.99 Å². The van der Waals surface area contributed by atoms with Crippen molar-refractivity contribution in [1.29, 1.82) is 0 Å². The minimum atomic E-state index is -0.0695. The van der Waals surface area contributed by atoms with E-state index in [4.69, 9.17) is 4.74 Å². The highest BCUT2D eigenvalue weighted by molar-refractivity contribution is 7.09. The minimum absolute atomic E-state index is 0.0695. The second-order valence-electron chi connectivity index (χ2n) is 7.28. The molecule has 1 unspecified atom stereocenters. The van der Waals surface area contributed by atoms with E-state index in [1.165, 1.54) is 0 Å². The molecule has 1 aliphatic rings. The molecule has 8 heteroatoms. The second-order valence-corrected chi connectivity index (χ2v) is 8.34. The van der Waals surface area contributed by atoms with Crippen molar-refractivity contribution in [3.8, 4) is 0 Å². The predicted octanol–water partition coefficient (Wildman–Crippen LogP) is 2.66. The molecule has 30 heavy (non-hydrogen) atoms. The van der Waals surface area contributed by atoms with Crippen molar-refractivity contribution in [3.63, 3.8) is 0 Å². The van der Waals surface area contributed by atoms with Gasteiger partial charge in [0, 0.05) is 43.6 Å². The first kappa shape index (κ1) is 22.2. The molecule has 1 fully saturated rings. The second kappa shape index (κ2) is 11.7. The van der Waals surface area contributed by atoms with Gasteiger partial charge in [-0.25, -0.2) is 9.98 Å². The van der Waals surface area contributed by atoms with Crippen LogP contribution in [-0.4, -0.2) is 49.2 Å². The van der Waals surface area contributed by atoms with Gasteiger partial charge in [0.25, 0.3) is 5.91 Å². The minimum Gasteiger partial charge on any atom is -0.376 e. The van der Waals surface area contributed by atoms with Gasteiger partial charge in [0.05, 0.1) is 23.4 Å². The van der Waals surface area contributed by atoms with Crippen LogP contribution in [0.25, 0.3) is 0 Å². The number of nitrogens with one attached hydrogen (secondary N) is 3. The summed E-state index contributed by atoms with van der Waals surface area (Å²) in [5.41, 5.74) is 2.74. The molecule has 2 heterocycles. The van der Waals surface area contributed by atoms with Crippen LogP contribution in [0.5, 0.6) is 0 Å². The van der Waals surface area contributed by atoms with E-state index in [-0.39, 0.29) is 12.0 Å². The zero-order valence-electron chi connectivity index (χ0n) is 17.7. The van der Waals surface area contributed by atoms with E-state index < -0.39 is 0 Å². The molecular weight excluding hydrogens is 398 g/mol. The van der Waals surface area contributed by atoms with E-state index in [0.29, 0.717) is 18.7 Å². The summed E-state index contributed by atoms with van der Waals surface area (Å²) >= 11 is 1.67. The number of hydrogen-bond acceptors (Lipinski definition) is 5. The molecule has 162 valence electrons. The third-order valence-corrected chi connectivity index (χ3v) is 5.63. The molecular formula is C22H31N5O2S. The topological polar surface area (TPSA) is 87.6 Å². The van der Waals surface area contributed by atoms with Gasteiger partial charge in [-0.3, -0.25) is 4.79 Å². The molecule has 7 nitrogen and oxygen atoms in total. The normalized spacial score (nSPS) is 16.5. The summed E-state index contributed by atoms with van der Waals surface area (Å²) in [7, 11) is 0. The van der Waals surface area contributed by atoms with Gasteiger partial charge in [-0.2, -0.15) is 0 Å². The average molecular weight is 430 g/mol. The Hall–Kier alpha value is -2.45. The highest BCUT2D eigenvalue weighted by Gasteiger charge is 2.16. The number of rotatable bonds is 9. The first-order valence-electron chi connectivity index (χ1n) is 10.6. The summed E-state index contributed by atoms with van der Waals surface area (Å²) in [5, 5.41) is 12.8. The Kier molecular flexibility index (Phi) is 8.65. The lowest BCUT2D eigenvalue weighted by Crippen LogP contribution is -2.38. The Balaban J connectivity index is 1.51. The first-order valence-corrected chi connectivity index (χ1v) is 11.4. The average Bonchev–Trinajstić information content (AvgIpc) is 3.42. The number of benzene rings is 1. The lowest BCUT2D eigenvalue weighted by molar-refractivity contribution is 0.0857. The molecule has 3 rings (SSSR count). The smallest absolute Gasteiger partial charge is 0.251 e. The van der Waals surface area contributed by atoms with Crippen LogP contribution in [0.3, 0.4) is 0 Å². The summed E-state index contributed by atoms with van der Waals surface area (Å²) in [6, 6.07) is 7.62. The van der Waals surface area contributed by atoms with Gasteiger partial charge in [-0.15, -0.1) is 11.3 Å². The van der Waals surface area contributed by atoms with Crippen molar-refractivity contribution in [3.05, 3.63) is 51.5 Å². The van der Waals surface area contributed by atoms with Crippen molar-refractivity contribution in [1.82, 2.24) is 20.9 Å². The molecule has 1 amide bonds. The summed E-state index contributed by atoms with van der Waals surface area (Å²) in [6.07, 6.45) is 3.08. The highest BCUT2D eigenvalue weighted by atomic mass is 32.1. The van der Waals surface area contributed by atoms with Gasteiger partial charge in [0.2, 0.25) is 0 Å². The lowest BCUT2D eigenvalue weighted by atomic mass is 10.1. The molecule has 1 atom stereocenters. The maximum Gasteiger partial charge on any atom is 0.251 e. The van der Waals surface area contributed by atoms with Gasteiger partial charge in [-0.1, -0.05) is 12.1 Å². The summed E-state index contributed by atoms with van der Waals surface area (Å²) in [5.74, 6) is 0.692. The van der Waals surface area contributed by atoms with Crippen LogP contribution >= 0.6 is 11.3 Å². The van der Waals surface area contributed by atoms with Gasteiger partial charge in [0.1, 0.15) is 0 Å². The molecule has 0 saturated carbocycles. The maximum absolute atomic E-state index is 12.4. The van der Waals surface area contributed by atoms with E-state index in [1.807, 2.05) is 38.1 Å². The van der Waals surface area contributed by atoms with Crippen LogP contribution in [0.4, 0.5) is 0 Å². The SMILES string of the molecule is CCNC(=NCc1cccc(C(=O)NCC2CCCO2)c1)NCCc1csc(C)n1. The fourth-order valence-corrected chi connectivity index (χ4v) is 3.92. The molecule has 1 aromatic heterocycles. The standard InChI is InChI=1S/C22H31N5O2S/c1-3-23-22(24-10-9-19-15-30-16(2)27-19)26-13-17-6-4-7-18(12-17)21(28)25-14-20-8-5-11-29-20/h4,6-7,12,15,20H,3,5,8-11,13-14H2,1-2H3,(H,25,28)(H2,23,24,26). The fourth-order valence-electron chi connectivity index (χ4n) is 3.27. The van der Waals surface area contributed by atoms with Crippen LogP contribution in [0.2, 0.25) is 0 Å². The Morgan fingerprint density at radius 3 is 2.97 bits per heavy atom. The number of aliphatic imine (C=N–C) groups is 1.